The molecule has 0 atom stereocenters. The van der Waals surface area contributed by atoms with E-state index in [1.165, 1.54) is 61.6 Å². The number of benzene rings is 4. The van der Waals surface area contributed by atoms with Gasteiger partial charge in [0.15, 0.2) is 0 Å². The van der Waals surface area contributed by atoms with Gasteiger partial charge in [0.2, 0.25) is 15.9 Å². The fourth-order valence-electron chi connectivity index (χ4n) is 3.59. The van der Waals surface area contributed by atoms with Crippen molar-refractivity contribution in [1.82, 2.24) is 4.72 Å². The van der Waals surface area contributed by atoms with E-state index in [0.717, 1.165) is 12.1 Å². The lowest BCUT2D eigenvalue weighted by Gasteiger charge is -2.14. The average Bonchev–Trinajstić information content (AvgIpc) is 2.84. The van der Waals surface area contributed by atoms with E-state index in [-0.39, 0.29) is 28.7 Å². The van der Waals surface area contributed by atoms with Gasteiger partial charge in [-0.1, -0.05) is 24.3 Å². The average molecular weight is 527 g/mol. The quantitative estimate of drug-likeness (QED) is 0.311. The first-order valence-electron chi connectivity index (χ1n) is 11.0. The number of carbonyl (C=O) groups is 1. The summed E-state index contributed by atoms with van der Waals surface area (Å²) in [5.74, 6) is -2.41. The van der Waals surface area contributed by atoms with Gasteiger partial charge in [-0.2, -0.15) is 0 Å². The summed E-state index contributed by atoms with van der Waals surface area (Å²) in [6.45, 7) is 0. The molecule has 0 spiro atoms. The van der Waals surface area contributed by atoms with Crippen LogP contribution in [0.3, 0.4) is 0 Å². The van der Waals surface area contributed by atoms with Crippen molar-refractivity contribution in [2.45, 2.75) is 11.3 Å². The highest BCUT2D eigenvalue weighted by Crippen LogP contribution is 2.36. The van der Waals surface area contributed by atoms with E-state index in [4.69, 9.17) is 4.74 Å². The van der Waals surface area contributed by atoms with Gasteiger partial charge < -0.3 is 10.1 Å². The summed E-state index contributed by atoms with van der Waals surface area (Å²) in [5, 5.41) is 2.74. The summed E-state index contributed by atoms with van der Waals surface area (Å²) >= 11 is 0. The zero-order valence-electron chi connectivity index (χ0n) is 19.5. The maximum Gasteiger partial charge on any atom is 0.240 e. The Hall–Kier alpha value is -4.15. The number of rotatable bonds is 8. The van der Waals surface area contributed by atoms with Crippen LogP contribution in [0.15, 0.2) is 89.8 Å². The summed E-state index contributed by atoms with van der Waals surface area (Å²) in [4.78, 5) is 12.7. The lowest BCUT2D eigenvalue weighted by molar-refractivity contribution is -0.115. The summed E-state index contributed by atoms with van der Waals surface area (Å²) in [6, 6.07) is 18.9. The van der Waals surface area contributed by atoms with Crippen LogP contribution in [-0.2, 0) is 21.2 Å². The van der Waals surface area contributed by atoms with Gasteiger partial charge >= 0.3 is 0 Å². The molecule has 1 amide bonds. The van der Waals surface area contributed by atoms with Crippen molar-refractivity contribution in [2.75, 3.05) is 12.4 Å². The Morgan fingerprint density at radius 1 is 0.838 bits per heavy atom. The molecule has 0 aliphatic carbocycles. The van der Waals surface area contributed by atoms with Crippen LogP contribution in [0.5, 0.6) is 11.5 Å². The van der Waals surface area contributed by atoms with Gasteiger partial charge in [0.05, 0.1) is 11.3 Å². The largest absolute Gasteiger partial charge is 0.457 e. The normalized spacial score (nSPS) is 11.2. The van der Waals surface area contributed by atoms with E-state index >= 15 is 0 Å². The smallest absolute Gasteiger partial charge is 0.240 e. The first-order valence-corrected chi connectivity index (χ1v) is 12.5. The van der Waals surface area contributed by atoms with E-state index in [0.29, 0.717) is 28.4 Å². The minimum absolute atomic E-state index is 0.0317. The van der Waals surface area contributed by atoms with Gasteiger partial charge in [0, 0.05) is 29.4 Å². The van der Waals surface area contributed by atoms with Crippen molar-refractivity contribution >= 4 is 21.6 Å². The van der Waals surface area contributed by atoms with E-state index in [9.17, 15) is 26.4 Å². The molecule has 0 aliphatic heterocycles. The highest BCUT2D eigenvalue weighted by Gasteiger charge is 2.14. The molecule has 0 aliphatic rings. The van der Waals surface area contributed by atoms with Gasteiger partial charge in [-0.15, -0.1) is 0 Å². The third-order valence-electron chi connectivity index (χ3n) is 5.33. The Morgan fingerprint density at radius 2 is 1.54 bits per heavy atom. The number of nitrogens with one attached hydrogen (secondary N) is 2. The summed E-state index contributed by atoms with van der Waals surface area (Å²) in [7, 11) is -2.28. The molecular formula is C27H21F3N2O4S. The predicted molar refractivity (Wildman–Crippen MR) is 133 cm³/mol. The molecular weight excluding hydrogens is 505 g/mol. The number of hydrogen-bond donors (Lipinski definition) is 2. The third kappa shape index (κ3) is 6.54. The van der Waals surface area contributed by atoms with Gasteiger partial charge in [-0.05, 0) is 60.6 Å². The van der Waals surface area contributed by atoms with Crippen molar-refractivity contribution in [3.63, 3.8) is 0 Å². The Labute approximate surface area is 211 Å². The molecule has 0 saturated heterocycles. The second kappa shape index (κ2) is 10.9. The van der Waals surface area contributed by atoms with Crippen molar-refractivity contribution < 1.29 is 31.1 Å². The standard InChI is InChI=1S/C27H21F3N2O4S/c1-31-37(34,35)24-8-5-17(6-9-24)11-27(33)32-22-7-10-26(36-23-14-20(29)13-21(30)15-23)25(16-22)18-3-2-4-19(28)12-18/h2-10,12-16,31H,11H2,1H3,(H,32,33). The van der Waals surface area contributed by atoms with Gasteiger partial charge in [-0.3, -0.25) is 4.79 Å². The predicted octanol–water partition coefficient (Wildman–Crippen LogP) is 5.65. The fourth-order valence-corrected chi connectivity index (χ4v) is 4.32. The van der Waals surface area contributed by atoms with E-state index < -0.39 is 27.5 Å². The monoisotopic (exact) mass is 526 g/mol. The molecule has 0 aromatic heterocycles. The van der Waals surface area contributed by atoms with Crippen LogP contribution in [0.1, 0.15) is 5.56 Å². The topological polar surface area (TPSA) is 84.5 Å². The molecule has 37 heavy (non-hydrogen) atoms. The molecule has 2 N–H and O–H groups in total. The SMILES string of the molecule is CNS(=O)(=O)c1ccc(CC(=O)Nc2ccc(Oc3cc(F)cc(F)c3)c(-c3cccc(F)c3)c2)cc1. The molecule has 6 nitrogen and oxygen atoms in total. The van der Waals surface area contributed by atoms with Crippen LogP contribution in [-0.4, -0.2) is 21.4 Å². The molecule has 0 saturated carbocycles. The number of ether oxygens (including phenoxy) is 1. The Kier molecular flexibility index (Phi) is 7.61. The Bertz CT molecular complexity index is 1540. The van der Waals surface area contributed by atoms with Crippen LogP contribution >= 0.6 is 0 Å². The number of amides is 1. The number of sulfonamides is 1. The van der Waals surface area contributed by atoms with Crippen molar-refractivity contribution in [3.8, 4) is 22.6 Å². The molecule has 10 heteroatoms. The van der Waals surface area contributed by atoms with E-state index in [2.05, 4.69) is 10.0 Å². The molecule has 0 unspecified atom stereocenters. The van der Waals surface area contributed by atoms with Gasteiger partial charge in [-0.25, -0.2) is 26.3 Å². The van der Waals surface area contributed by atoms with Crippen molar-refractivity contribution in [2.24, 2.45) is 0 Å². The second-order valence-electron chi connectivity index (χ2n) is 8.00. The molecule has 0 radical (unpaired) electrons. The number of anilines is 1. The van der Waals surface area contributed by atoms with E-state index in [1.807, 2.05) is 0 Å². The summed E-state index contributed by atoms with van der Waals surface area (Å²) < 4.78 is 72.9. The van der Waals surface area contributed by atoms with Crippen LogP contribution < -0.4 is 14.8 Å². The maximum atomic E-state index is 13.9. The van der Waals surface area contributed by atoms with E-state index in [1.54, 1.807) is 12.1 Å². The zero-order valence-corrected chi connectivity index (χ0v) is 20.3. The molecule has 4 aromatic rings. The molecule has 0 bridgehead atoms. The summed E-state index contributed by atoms with van der Waals surface area (Å²) in [5.41, 5.74) is 1.76. The molecule has 0 heterocycles. The highest BCUT2D eigenvalue weighted by molar-refractivity contribution is 7.89. The lowest BCUT2D eigenvalue weighted by atomic mass is 10.0. The second-order valence-corrected chi connectivity index (χ2v) is 9.89. The van der Waals surface area contributed by atoms with Crippen LogP contribution in [0, 0.1) is 17.5 Å². The van der Waals surface area contributed by atoms with Crippen LogP contribution in [0.2, 0.25) is 0 Å². The number of hydrogen-bond acceptors (Lipinski definition) is 4. The number of halogens is 3. The zero-order chi connectivity index (χ0) is 26.6. The van der Waals surface area contributed by atoms with Crippen LogP contribution in [0.25, 0.3) is 11.1 Å². The first kappa shape index (κ1) is 25.9. The minimum atomic E-state index is -3.59. The van der Waals surface area contributed by atoms with Crippen LogP contribution in [0.4, 0.5) is 18.9 Å². The molecule has 4 aromatic carbocycles. The molecule has 0 fully saturated rings. The summed E-state index contributed by atoms with van der Waals surface area (Å²) in [6.07, 6.45) is -0.0317. The number of carbonyl (C=O) groups excluding carboxylic acids is 1. The molecule has 4 rings (SSSR count). The lowest BCUT2D eigenvalue weighted by Crippen LogP contribution is -2.18. The maximum absolute atomic E-state index is 13.9. The van der Waals surface area contributed by atoms with Crippen molar-refractivity contribution in [1.29, 1.82) is 0 Å². The highest BCUT2D eigenvalue weighted by atomic mass is 32.2. The van der Waals surface area contributed by atoms with Gasteiger partial charge in [0.1, 0.15) is 29.0 Å². The Morgan fingerprint density at radius 3 is 2.19 bits per heavy atom. The Balaban J connectivity index is 1.58. The third-order valence-corrected chi connectivity index (χ3v) is 6.76. The molecule has 190 valence electrons. The fraction of sp³-hybridized carbons (Fsp3) is 0.0741. The first-order chi connectivity index (χ1) is 17.6. The minimum Gasteiger partial charge on any atom is -0.457 e. The van der Waals surface area contributed by atoms with Crippen molar-refractivity contribution in [3.05, 3.63) is 108 Å². The van der Waals surface area contributed by atoms with Gasteiger partial charge in [0.25, 0.3) is 0 Å².